The summed E-state index contributed by atoms with van der Waals surface area (Å²) in [7, 11) is 0. The largest absolute Gasteiger partial charge is 0.493 e. The van der Waals surface area contributed by atoms with Crippen LogP contribution in [0.4, 0.5) is 0 Å². The molecular formula is C16H23NO. The summed E-state index contributed by atoms with van der Waals surface area (Å²) in [5, 5.41) is 3.61. The van der Waals surface area contributed by atoms with Crippen LogP contribution in [0.2, 0.25) is 0 Å². The first kappa shape index (κ1) is 12.0. The molecule has 2 heteroatoms. The highest BCUT2D eigenvalue weighted by Gasteiger charge is 2.30. The molecule has 1 aliphatic heterocycles. The lowest BCUT2D eigenvalue weighted by atomic mass is 9.70. The van der Waals surface area contributed by atoms with E-state index in [0.717, 1.165) is 31.7 Å². The van der Waals surface area contributed by atoms with E-state index >= 15 is 0 Å². The van der Waals surface area contributed by atoms with E-state index in [4.69, 9.17) is 4.74 Å². The smallest absolute Gasteiger partial charge is 0.122 e. The molecule has 0 aromatic heterocycles. The lowest BCUT2D eigenvalue weighted by Gasteiger charge is -2.38. The molecule has 0 unspecified atom stereocenters. The van der Waals surface area contributed by atoms with E-state index < -0.39 is 0 Å². The Morgan fingerprint density at radius 1 is 1.33 bits per heavy atom. The maximum Gasteiger partial charge on any atom is 0.122 e. The first-order valence-electron chi connectivity index (χ1n) is 7.21. The van der Waals surface area contributed by atoms with Crippen molar-refractivity contribution in [3.05, 3.63) is 29.3 Å². The van der Waals surface area contributed by atoms with Crippen LogP contribution in [0.25, 0.3) is 0 Å². The second kappa shape index (κ2) is 4.93. The van der Waals surface area contributed by atoms with Crippen molar-refractivity contribution in [1.29, 1.82) is 0 Å². The lowest BCUT2D eigenvalue weighted by molar-refractivity contribution is 0.157. The van der Waals surface area contributed by atoms with Gasteiger partial charge in [0.2, 0.25) is 0 Å². The molecule has 0 bridgehead atoms. The highest BCUT2D eigenvalue weighted by atomic mass is 16.5. The number of hydrogen-bond donors (Lipinski definition) is 1. The molecule has 1 N–H and O–H groups in total. The Morgan fingerprint density at radius 2 is 2.22 bits per heavy atom. The van der Waals surface area contributed by atoms with E-state index in [1.807, 2.05) is 0 Å². The topological polar surface area (TPSA) is 21.3 Å². The fourth-order valence-electron chi connectivity index (χ4n) is 2.98. The summed E-state index contributed by atoms with van der Waals surface area (Å²) in [6.45, 7) is 5.53. The number of benzene rings is 1. The minimum absolute atomic E-state index is 0.589. The van der Waals surface area contributed by atoms with Gasteiger partial charge in [0.1, 0.15) is 5.75 Å². The molecule has 3 rings (SSSR count). The van der Waals surface area contributed by atoms with Gasteiger partial charge in [-0.15, -0.1) is 0 Å². The molecule has 1 fully saturated rings. The molecule has 0 amide bonds. The Morgan fingerprint density at radius 3 is 3.00 bits per heavy atom. The maximum absolute atomic E-state index is 5.53. The zero-order valence-corrected chi connectivity index (χ0v) is 11.3. The summed E-state index contributed by atoms with van der Waals surface area (Å²) in [5.41, 5.74) is 3.41. The van der Waals surface area contributed by atoms with Crippen molar-refractivity contribution in [2.24, 2.45) is 5.41 Å². The van der Waals surface area contributed by atoms with E-state index in [0.29, 0.717) is 5.41 Å². The first-order valence-corrected chi connectivity index (χ1v) is 7.21. The number of nitrogens with one attached hydrogen (secondary N) is 1. The Hall–Kier alpha value is -1.02. The molecule has 2 nitrogen and oxygen atoms in total. The van der Waals surface area contributed by atoms with Gasteiger partial charge < -0.3 is 10.1 Å². The van der Waals surface area contributed by atoms with Gasteiger partial charge in [0, 0.05) is 13.0 Å². The molecule has 0 atom stereocenters. The standard InChI is InChI=1S/C16H23NO/c1-16(7-2-8-16)12-17-9-5-13-3-4-15-14(11-13)6-10-18-15/h3-4,11,17H,2,5-10,12H2,1H3. The summed E-state index contributed by atoms with van der Waals surface area (Å²) < 4.78 is 5.53. The molecule has 0 spiro atoms. The van der Waals surface area contributed by atoms with Crippen molar-refractivity contribution >= 4 is 0 Å². The zero-order chi connectivity index (χ0) is 12.4. The minimum Gasteiger partial charge on any atom is -0.493 e. The van der Waals surface area contributed by atoms with Crippen molar-refractivity contribution < 1.29 is 4.74 Å². The maximum atomic E-state index is 5.53. The van der Waals surface area contributed by atoms with Gasteiger partial charge in [-0.3, -0.25) is 0 Å². The monoisotopic (exact) mass is 245 g/mol. The molecule has 0 radical (unpaired) electrons. The van der Waals surface area contributed by atoms with Crippen LogP contribution in [0.1, 0.15) is 37.3 Å². The fourth-order valence-corrected chi connectivity index (χ4v) is 2.98. The highest BCUT2D eigenvalue weighted by molar-refractivity contribution is 5.39. The van der Waals surface area contributed by atoms with Gasteiger partial charge in [-0.25, -0.2) is 0 Å². The molecule has 1 aromatic carbocycles. The molecule has 98 valence electrons. The van der Waals surface area contributed by atoms with Crippen molar-refractivity contribution in [3.63, 3.8) is 0 Å². The molecule has 1 heterocycles. The normalized spacial score (nSPS) is 20.1. The van der Waals surface area contributed by atoms with E-state index in [2.05, 4.69) is 30.4 Å². The van der Waals surface area contributed by atoms with Crippen molar-refractivity contribution in [3.8, 4) is 5.75 Å². The van der Waals surface area contributed by atoms with Gasteiger partial charge >= 0.3 is 0 Å². The first-order chi connectivity index (χ1) is 8.75. The van der Waals surface area contributed by atoms with Crippen LogP contribution in [-0.4, -0.2) is 19.7 Å². The molecule has 1 aromatic rings. The fraction of sp³-hybridized carbons (Fsp3) is 0.625. The second-order valence-electron chi connectivity index (χ2n) is 6.13. The molecule has 2 aliphatic rings. The average molecular weight is 245 g/mol. The predicted molar refractivity (Wildman–Crippen MR) is 74.2 cm³/mol. The summed E-state index contributed by atoms with van der Waals surface area (Å²) in [6.07, 6.45) is 6.42. The van der Waals surface area contributed by atoms with Gasteiger partial charge in [0.05, 0.1) is 6.61 Å². The minimum atomic E-state index is 0.589. The van der Waals surface area contributed by atoms with Crippen LogP contribution < -0.4 is 10.1 Å². The van der Waals surface area contributed by atoms with E-state index in [1.165, 1.54) is 36.9 Å². The molecule has 0 saturated heterocycles. The summed E-state index contributed by atoms with van der Waals surface area (Å²) in [5.74, 6) is 1.09. The predicted octanol–water partition coefficient (Wildman–Crippen LogP) is 2.94. The lowest BCUT2D eigenvalue weighted by Crippen LogP contribution is -2.37. The van der Waals surface area contributed by atoms with Gasteiger partial charge in [-0.1, -0.05) is 25.5 Å². The zero-order valence-electron chi connectivity index (χ0n) is 11.3. The quantitative estimate of drug-likeness (QED) is 0.805. The van der Waals surface area contributed by atoms with Crippen LogP contribution in [-0.2, 0) is 12.8 Å². The molecule has 18 heavy (non-hydrogen) atoms. The van der Waals surface area contributed by atoms with E-state index in [1.54, 1.807) is 0 Å². The Kier molecular flexibility index (Phi) is 3.29. The van der Waals surface area contributed by atoms with Gasteiger partial charge in [0.25, 0.3) is 0 Å². The molecular weight excluding hydrogens is 222 g/mol. The van der Waals surface area contributed by atoms with Gasteiger partial charge in [-0.05, 0) is 48.4 Å². The molecule has 1 aliphatic carbocycles. The van der Waals surface area contributed by atoms with E-state index in [9.17, 15) is 0 Å². The van der Waals surface area contributed by atoms with E-state index in [-0.39, 0.29) is 0 Å². The van der Waals surface area contributed by atoms with Crippen molar-refractivity contribution in [2.75, 3.05) is 19.7 Å². The third-order valence-corrected chi connectivity index (χ3v) is 4.46. The summed E-state index contributed by atoms with van der Waals surface area (Å²) in [6, 6.07) is 6.65. The van der Waals surface area contributed by atoms with Crippen LogP contribution >= 0.6 is 0 Å². The Labute approximate surface area is 110 Å². The summed E-state index contributed by atoms with van der Waals surface area (Å²) >= 11 is 0. The number of ether oxygens (including phenoxy) is 1. The second-order valence-corrected chi connectivity index (χ2v) is 6.13. The third kappa shape index (κ3) is 2.54. The Bertz CT molecular complexity index is 423. The summed E-state index contributed by atoms with van der Waals surface area (Å²) in [4.78, 5) is 0. The van der Waals surface area contributed by atoms with Crippen molar-refractivity contribution in [2.45, 2.75) is 39.0 Å². The highest BCUT2D eigenvalue weighted by Crippen LogP contribution is 2.39. The SMILES string of the molecule is CC1(CNCCc2ccc3c(c2)CCO3)CCC1. The Balaban J connectivity index is 1.45. The van der Waals surface area contributed by atoms with Crippen LogP contribution in [0.3, 0.4) is 0 Å². The number of hydrogen-bond acceptors (Lipinski definition) is 2. The third-order valence-electron chi connectivity index (χ3n) is 4.46. The number of fused-ring (bicyclic) bond motifs is 1. The van der Waals surface area contributed by atoms with Gasteiger partial charge in [0.15, 0.2) is 0 Å². The van der Waals surface area contributed by atoms with Crippen LogP contribution in [0.15, 0.2) is 18.2 Å². The van der Waals surface area contributed by atoms with Crippen LogP contribution in [0.5, 0.6) is 5.75 Å². The van der Waals surface area contributed by atoms with Crippen molar-refractivity contribution in [1.82, 2.24) is 5.32 Å². The van der Waals surface area contributed by atoms with Gasteiger partial charge in [-0.2, -0.15) is 0 Å². The van der Waals surface area contributed by atoms with Crippen LogP contribution in [0, 0.1) is 5.41 Å². The molecule has 1 saturated carbocycles. The number of rotatable bonds is 5. The average Bonchev–Trinajstić information content (AvgIpc) is 2.79.